The van der Waals surface area contributed by atoms with E-state index in [1.807, 2.05) is 18.2 Å². The molecule has 6 heteroatoms. The van der Waals surface area contributed by atoms with Crippen molar-refractivity contribution >= 4 is 22.9 Å². The number of hydrogen-bond acceptors (Lipinski definition) is 5. The van der Waals surface area contributed by atoms with Gasteiger partial charge in [0.2, 0.25) is 0 Å². The van der Waals surface area contributed by atoms with Crippen molar-refractivity contribution in [3.05, 3.63) is 64.5 Å². The Balaban J connectivity index is 1.73. The smallest absolute Gasteiger partial charge is 0.279 e. The van der Waals surface area contributed by atoms with E-state index in [1.165, 1.54) is 18.0 Å². The Kier molecular flexibility index (Phi) is 3.73. The van der Waals surface area contributed by atoms with Gasteiger partial charge in [-0.1, -0.05) is 30.3 Å². The molecular formula is C14H12N4OS. The SMILES string of the molecule is O=c1[nH]c(CSCc2ccccc2)nc2nccnc12. The minimum absolute atomic E-state index is 0.238. The summed E-state index contributed by atoms with van der Waals surface area (Å²) in [5.41, 5.74) is 1.69. The molecule has 0 aliphatic carbocycles. The molecule has 0 bridgehead atoms. The lowest BCUT2D eigenvalue weighted by Gasteiger charge is -2.02. The number of hydrogen-bond donors (Lipinski definition) is 1. The highest BCUT2D eigenvalue weighted by Crippen LogP contribution is 2.15. The fourth-order valence-electron chi connectivity index (χ4n) is 1.83. The van der Waals surface area contributed by atoms with Gasteiger partial charge in [0.1, 0.15) is 5.82 Å². The van der Waals surface area contributed by atoms with Crippen LogP contribution in [0.15, 0.2) is 47.5 Å². The molecule has 1 aromatic carbocycles. The monoisotopic (exact) mass is 284 g/mol. The number of benzene rings is 1. The quantitative estimate of drug-likeness (QED) is 0.794. The average Bonchev–Trinajstić information content (AvgIpc) is 2.48. The summed E-state index contributed by atoms with van der Waals surface area (Å²) in [4.78, 5) is 26.9. The molecule has 2 aromatic heterocycles. The molecule has 0 aliphatic heterocycles. The molecule has 0 unspecified atom stereocenters. The highest BCUT2D eigenvalue weighted by atomic mass is 32.2. The lowest BCUT2D eigenvalue weighted by Crippen LogP contribution is -2.13. The molecule has 0 aliphatic rings. The van der Waals surface area contributed by atoms with Crippen molar-refractivity contribution in [2.45, 2.75) is 11.5 Å². The molecule has 0 saturated heterocycles. The minimum Gasteiger partial charge on any atom is -0.308 e. The van der Waals surface area contributed by atoms with Gasteiger partial charge in [0.15, 0.2) is 11.2 Å². The predicted octanol–water partition coefficient (Wildman–Crippen LogP) is 2.15. The van der Waals surface area contributed by atoms with E-state index in [4.69, 9.17) is 0 Å². The molecular weight excluding hydrogens is 272 g/mol. The molecule has 1 N–H and O–H groups in total. The van der Waals surface area contributed by atoms with Gasteiger partial charge in [0, 0.05) is 18.1 Å². The van der Waals surface area contributed by atoms with Crippen molar-refractivity contribution in [2.75, 3.05) is 0 Å². The molecule has 0 amide bonds. The summed E-state index contributed by atoms with van der Waals surface area (Å²) in [7, 11) is 0. The van der Waals surface area contributed by atoms with Gasteiger partial charge in [0.05, 0.1) is 5.75 Å². The Labute approximate surface area is 119 Å². The lowest BCUT2D eigenvalue weighted by atomic mass is 10.2. The van der Waals surface area contributed by atoms with Crippen LogP contribution >= 0.6 is 11.8 Å². The van der Waals surface area contributed by atoms with Crippen LogP contribution in [-0.4, -0.2) is 19.9 Å². The largest absolute Gasteiger partial charge is 0.308 e. The number of fused-ring (bicyclic) bond motifs is 1. The van der Waals surface area contributed by atoms with E-state index in [-0.39, 0.29) is 11.1 Å². The van der Waals surface area contributed by atoms with Crippen molar-refractivity contribution in [1.82, 2.24) is 19.9 Å². The van der Waals surface area contributed by atoms with Gasteiger partial charge in [-0.2, -0.15) is 0 Å². The number of aromatic amines is 1. The molecule has 5 nitrogen and oxygen atoms in total. The van der Waals surface area contributed by atoms with Crippen LogP contribution in [-0.2, 0) is 11.5 Å². The number of thioether (sulfide) groups is 1. The van der Waals surface area contributed by atoms with Gasteiger partial charge in [0.25, 0.3) is 5.56 Å². The van der Waals surface area contributed by atoms with E-state index < -0.39 is 0 Å². The van der Waals surface area contributed by atoms with E-state index in [2.05, 4.69) is 32.1 Å². The van der Waals surface area contributed by atoms with Gasteiger partial charge in [-0.05, 0) is 5.56 Å². The Bertz CT molecular complexity index is 773. The molecule has 3 aromatic rings. The van der Waals surface area contributed by atoms with Crippen molar-refractivity contribution in [3.63, 3.8) is 0 Å². The van der Waals surface area contributed by atoms with Crippen LogP contribution in [0.1, 0.15) is 11.4 Å². The first-order chi connectivity index (χ1) is 9.83. The summed E-state index contributed by atoms with van der Waals surface area (Å²) in [6, 6.07) is 10.2. The standard InChI is InChI=1S/C14H12N4OS/c19-14-12-13(16-7-6-15-12)17-11(18-14)9-20-8-10-4-2-1-3-5-10/h1-7H,8-9H2,(H,16,17,18,19). The first-order valence-electron chi connectivity index (χ1n) is 6.14. The summed E-state index contributed by atoms with van der Waals surface area (Å²) in [6.45, 7) is 0. The fourth-order valence-corrected chi connectivity index (χ4v) is 2.69. The molecule has 20 heavy (non-hydrogen) atoms. The number of H-pyrrole nitrogens is 1. The van der Waals surface area contributed by atoms with E-state index in [9.17, 15) is 4.79 Å². The highest BCUT2D eigenvalue weighted by Gasteiger charge is 2.05. The lowest BCUT2D eigenvalue weighted by molar-refractivity contribution is 1.01. The number of nitrogens with one attached hydrogen (secondary N) is 1. The second-order valence-corrected chi connectivity index (χ2v) is 5.21. The summed E-state index contributed by atoms with van der Waals surface area (Å²) < 4.78 is 0. The summed E-state index contributed by atoms with van der Waals surface area (Å²) >= 11 is 1.70. The highest BCUT2D eigenvalue weighted by molar-refractivity contribution is 7.97. The third kappa shape index (κ3) is 2.85. The first-order valence-corrected chi connectivity index (χ1v) is 7.30. The molecule has 0 saturated carbocycles. The minimum atomic E-state index is -0.238. The number of rotatable bonds is 4. The zero-order chi connectivity index (χ0) is 13.8. The summed E-state index contributed by atoms with van der Waals surface area (Å²) in [5, 5.41) is 0. The van der Waals surface area contributed by atoms with Crippen LogP contribution in [0, 0.1) is 0 Å². The topological polar surface area (TPSA) is 71.5 Å². The van der Waals surface area contributed by atoms with Crippen molar-refractivity contribution < 1.29 is 0 Å². The molecule has 0 fully saturated rings. The van der Waals surface area contributed by atoms with Crippen LogP contribution < -0.4 is 5.56 Å². The second kappa shape index (κ2) is 5.83. The van der Waals surface area contributed by atoms with Crippen LogP contribution in [0.5, 0.6) is 0 Å². The van der Waals surface area contributed by atoms with Crippen LogP contribution in [0.4, 0.5) is 0 Å². The maximum atomic E-state index is 11.8. The third-order valence-electron chi connectivity index (χ3n) is 2.74. The van der Waals surface area contributed by atoms with Gasteiger partial charge in [-0.15, -0.1) is 11.8 Å². The maximum Gasteiger partial charge on any atom is 0.279 e. The summed E-state index contributed by atoms with van der Waals surface area (Å²) in [6.07, 6.45) is 3.03. The van der Waals surface area contributed by atoms with Crippen LogP contribution in [0.2, 0.25) is 0 Å². The van der Waals surface area contributed by atoms with E-state index >= 15 is 0 Å². The zero-order valence-electron chi connectivity index (χ0n) is 10.6. The molecule has 0 spiro atoms. The normalized spacial score (nSPS) is 10.8. The van der Waals surface area contributed by atoms with Crippen molar-refractivity contribution in [2.24, 2.45) is 0 Å². The zero-order valence-corrected chi connectivity index (χ0v) is 11.4. The van der Waals surface area contributed by atoms with E-state index in [0.29, 0.717) is 17.2 Å². The Hall–Kier alpha value is -2.21. The van der Waals surface area contributed by atoms with Crippen LogP contribution in [0.3, 0.4) is 0 Å². The van der Waals surface area contributed by atoms with Crippen LogP contribution in [0.25, 0.3) is 11.2 Å². The van der Waals surface area contributed by atoms with E-state index in [1.54, 1.807) is 11.8 Å². The van der Waals surface area contributed by atoms with Crippen molar-refractivity contribution in [1.29, 1.82) is 0 Å². The summed E-state index contributed by atoms with van der Waals surface area (Å²) in [5.74, 6) is 2.14. The first kappa shape index (κ1) is 12.8. The number of nitrogens with zero attached hydrogens (tertiary/aromatic N) is 3. The Morgan fingerprint density at radius 3 is 2.70 bits per heavy atom. The molecule has 0 radical (unpaired) electrons. The average molecular weight is 284 g/mol. The Morgan fingerprint density at radius 1 is 1.05 bits per heavy atom. The van der Waals surface area contributed by atoms with E-state index in [0.717, 1.165) is 5.75 Å². The number of aromatic nitrogens is 4. The molecule has 0 atom stereocenters. The van der Waals surface area contributed by atoms with Gasteiger partial charge in [-0.3, -0.25) is 4.79 Å². The van der Waals surface area contributed by atoms with Gasteiger partial charge >= 0.3 is 0 Å². The van der Waals surface area contributed by atoms with Crippen molar-refractivity contribution in [3.8, 4) is 0 Å². The molecule has 3 rings (SSSR count). The predicted molar refractivity (Wildman–Crippen MR) is 79.4 cm³/mol. The third-order valence-corrected chi connectivity index (χ3v) is 3.76. The maximum absolute atomic E-state index is 11.8. The molecule has 100 valence electrons. The second-order valence-electron chi connectivity index (χ2n) is 4.22. The Morgan fingerprint density at radius 2 is 1.85 bits per heavy atom. The fraction of sp³-hybridized carbons (Fsp3) is 0.143. The molecule has 2 heterocycles. The van der Waals surface area contributed by atoms with Gasteiger partial charge in [-0.25, -0.2) is 15.0 Å². The van der Waals surface area contributed by atoms with Gasteiger partial charge < -0.3 is 4.98 Å².